The van der Waals surface area contributed by atoms with Crippen molar-refractivity contribution in [2.24, 2.45) is 0 Å². The summed E-state index contributed by atoms with van der Waals surface area (Å²) in [6.45, 7) is 0.528. The van der Waals surface area contributed by atoms with Gasteiger partial charge in [-0.05, 0) is 35.9 Å². The molecule has 0 saturated carbocycles. The normalized spacial score (nSPS) is 10.7. The van der Waals surface area contributed by atoms with Crippen LogP contribution in [0.4, 0.5) is 10.5 Å². The minimum atomic E-state index is -0.558. The molecule has 0 aliphatic carbocycles. The lowest BCUT2D eigenvalue weighted by Gasteiger charge is -2.11. The summed E-state index contributed by atoms with van der Waals surface area (Å²) < 4.78 is 12.6. The molecule has 0 unspecified atom stereocenters. The van der Waals surface area contributed by atoms with E-state index in [2.05, 4.69) is 5.32 Å². The number of hydrogen-bond donors (Lipinski definition) is 1. The molecule has 0 spiro atoms. The maximum Gasteiger partial charge on any atom is 0.417 e. The molecule has 0 saturated heterocycles. The Morgan fingerprint density at radius 3 is 2.24 bits per heavy atom. The number of carbonyl (C=O) groups excluding carboxylic acids is 1. The van der Waals surface area contributed by atoms with Crippen LogP contribution in [-0.2, 0) is 6.54 Å². The number of benzene rings is 4. The highest BCUT2D eigenvalue weighted by molar-refractivity contribution is 6.04. The molecule has 0 aliphatic rings. The summed E-state index contributed by atoms with van der Waals surface area (Å²) in [5.74, 6) is 1.27. The SMILES string of the molecule is COc1ccc(Cn2nc(-c3ccccc3)c3cccc(NC(=O)Oc4ccccc4)c32)cc1. The van der Waals surface area contributed by atoms with Crippen molar-refractivity contribution in [3.63, 3.8) is 0 Å². The summed E-state index contributed by atoms with van der Waals surface area (Å²) in [6, 6.07) is 32.7. The Morgan fingerprint density at radius 2 is 1.53 bits per heavy atom. The van der Waals surface area contributed by atoms with Crippen LogP contribution < -0.4 is 14.8 Å². The number of amides is 1. The lowest BCUT2D eigenvalue weighted by atomic mass is 10.1. The maximum absolute atomic E-state index is 12.7. The zero-order valence-electron chi connectivity index (χ0n) is 18.6. The Labute approximate surface area is 197 Å². The van der Waals surface area contributed by atoms with E-state index in [1.54, 1.807) is 19.2 Å². The standard InChI is InChI=1S/C28H23N3O3/c1-33-22-17-15-20(16-18-22)19-31-27-24(26(30-31)21-9-4-2-5-10-21)13-8-14-25(27)29-28(32)34-23-11-6-3-7-12-23/h2-18H,19H2,1H3,(H,29,32). The molecule has 4 aromatic carbocycles. The molecule has 0 atom stereocenters. The van der Waals surface area contributed by atoms with Crippen molar-refractivity contribution in [2.45, 2.75) is 6.54 Å². The molecular weight excluding hydrogens is 426 g/mol. The Balaban J connectivity index is 1.55. The second-order valence-electron chi connectivity index (χ2n) is 7.75. The lowest BCUT2D eigenvalue weighted by molar-refractivity contribution is 0.215. The van der Waals surface area contributed by atoms with E-state index in [4.69, 9.17) is 14.6 Å². The summed E-state index contributed by atoms with van der Waals surface area (Å²) in [4.78, 5) is 12.7. The maximum atomic E-state index is 12.7. The van der Waals surface area contributed by atoms with Crippen LogP contribution in [0.15, 0.2) is 103 Å². The van der Waals surface area contributed by atoms with Crippen LogP contribution in [-0.4, -0.2) is 23.0 Å². The minimum absolute atomic E-state index is 0.476. The molecule has 0 fully saturated rings. The summed E-state index contributed by atoms with van der Waals surface area (Å²) in [7, 11) is 1.65. The van der Waals surface area contributed by atoms with Crippen molar-refractivity contribution in [3.05, 3.63) is 109 Å². The number of methoxy groups -OCH3 is 1. The predicted octanol–water partition coefficient (Wildman–Crippen LogP) is 6.37. The van der Waals surface area contributed by atoms with Crippen molar-refractivity contribution >= 4 is 22.7 Å². The quantitative estimate of drug-likeness (QED) is 0.327. The fraction of sp³-hybridized carbons (Fsp3) is 0.0714. The topological polar surface area (TPSA) is 65.4 Å². The lowest BCUT2D eigenvalue weighted by Crippen LogP contribution is -2.17. The van der Waals surface area contributed by atoms with Crippen LogP contribution in [0, 0.1) is 0 Å². The van der Waals surface area contributed by atoms with Gasteiger partial charge in [-0.1, -0.05) is 72.8 Å². The third-order valence-corrected chi connectivity index (χ3v) is 5.50. The summed E-state index contributed by atoms with van der Waals surface area (Å²) in [5, 5.41) is 8.79. The fourth-order valence-corrected chi connectivity index (χ4v) is 3.90. The number of fused-ring (bicyclic) bond motifs is 1. The molecule has 0 radical (unpaired) electrons. The number of ether oxygens (including phenoxy) is 2. The van der Waals surface area contributed by atoms with Crippen molar-refractivity contribution < 1.29 is 14.3 Å². The van der Waals surface area contributed by atoms with Crippen molar-refractivity contribution in [3.8, 4) is 22.8 Å². The van der Waals surface area contributed by atoms with E-state index in [9.17, 15) is 4.79 Å². The van der Waals surface area contributed by atoms with Gasteiger partial charge in [-0.3, -0.25) is 10.00 Å². The molecule has 168 valence electrons. The van der Waals surface area contributed by atoms with Gasteiger partial charge in [-0.25, -0.2) is 4.79 Å². The number of nitrogens with zero attached hydrogens (tertiary/aromatic N) is 2. The molecule has 1 heterocycles. The van der Waals surface area contributed by atoms with Crippen LogP contribution in [0.5, 0.6) is 11.5 Å². The van der Waals surface area contributed by atoms with Crippen LogP contribution >= 0.6 is 0 Å². The van der Waals surface area contributed by atoms with Gasteiger partial charge in [0.2, 0.25) is 0 Å². The number of aromatic nitrogens is 2. The summed E-state index contributed by atoms with van der Waals surface area (Å²) >= 11 is 0. The van der Waals surface area contributed by atoms with Gasteiger partial charge >= 0.3 is 6.09 Å². The molecular formula is C28H23N3O3. The van der Waals surface area contributed by atoms with Gasteiger partial charge in [0.25, 0.3) is 0 Å². The number of hydrogen-bond acceptors (Lipinski definition) is 4. The number of rotatable bonds is 6. The first-order chi connectivity index (χ1) is 16.7. The molecule has 0 bridgehead atoms. The molecule has 1 aromatic heterocycles. The Bertz CT molecular complexity index is 1410. The molecule has 6 nitrogen and oxygen atoms in total. The van der Waals surface area contributed by atoms with E-state index < -0.39 is 6.09 Å². The van der Waals surface area contributed by atoms with E-state index >= 15 is 0 Å². The van der Waals surface area contributed by atoms with E-state index in [1.165, 1.54) is 0 Å². The van der Waals surface area contributed by atoms with E-state index in [0.717, 1.165) is 33.5 Å². The highest BCUT2D eigenvalue weighted by atomic mass is 16.6. The van der Waals surface area contributed by atoms with Crippen LogP contribution in [0.25, 0.3) is 22.2 Å². The zero-order valence-corrected chi connectivity index (χ0v) is 18.6. The first-order valence-electron chi connectivity index (χ1n) is 10.9. The van der Waals surface area contributed by atoms with Gasteiger partial charge in [0.05, 0.1) is 24.9 Å². The fourth-order valence-electron chi connectivity index (χ4n) is 3.90. The van der Waals surface area contributed by atoms with Gasteiger partial charge in [0.15, 0.2) is 0 Å². The second kappa shape index (κ2) is 9.50. The van der Waals surface area contributed by atoms with Gasteiger partial charge in [-0.2, -0.15) is 5.10 Å². The first-order valence-corrected chi connectivity index (χ1v) is 10.9. The smallest absolute Gasteiger partial charge is 0.417 e. The molecule has 0 aliphatic heterocycles. The van der Waals surface area contributed by atoms with Crippen LogP contribution in [0.3, 0.4) is 0 Å². The first kappa shape index (κ1) is 21.3. The average Bonchev–Trinajstić information content (AvgIpc) is 3.25. The van der Waals surface area contributed by atoms with Gasteiger partial charge < -0.3 is 9.47 Å². The van der Waals surface area contributed by atoms with Crippen molar-refractivity contribution in [1.29, 1.82) is 0 Å². The Hall–Kier alpha value is -4.58. The molecule has 5 rings (SSSR count). The van der Waals surface area contributed by atoms with Crippen molar-refractivity contribution in [1.82, 2.24) is 9.78 Å². The molecule has 6 heteroatoms. The molecule has 34 heavy (non-hydrogen) atoms. The van der Waals surface area contributed by atoms with E-state index in [0.29, 0.717) is 18.0 Å². The van der Waals surface area contributed by atoms with Crippen molar-refractivity contribution in [2.75, 3.05) is 12.4 Å². The van der Waals surface area contributed by atoms with Gasteiger partial charge in [0, 0.05) is 10.9 Å². The van der Waals surface area contributed by atoms with E-state index in [1.807, 2.05) is 95.7 Å². The number of para-hydroxylation sites is 2. The monoisotopic (exact) mass is 449 g/mol. The summed E-state index contributed by atoms with van der Waals surface area (Å²) in [5.41, 5.74) is 4.37. The highest BCUT2D eigenvalue weighted by Gasteiger charge is 2.17. The van der Waals surface area contributed by atoms with Gasteiger partial charge in [0.1, 0.15) is 17.2 Å². The Kier molecular flexibility index (Phi) is 5.95. The second-order valence-corrected chi connectivity index (χ2v) is 7.75. The Morgan fingerprint density at radius 1 is 0.824 bits per heavy atom. The zero-order chi connectivity index (χ0) is 23.3. The number of nitrogens with one attached hydrogen (secondary N) is 1. The third-order valence-electron chi connectivity index (χ3n) is 5.50. The molecule has 1 N–H and O–H groups in total. The van der Waals surface area contributed by atoms with Crippen LogP contribution in [0.1, 0.15) is 5.56 Å². The van der Waals surface area contributed by atoms with E-state index in [-0.39, 0.29) is 0 Å². The summed E-state index contributed by atoms with van der Waals surface area (Å²) in [6.07, 6.45) is -0.558. The molecule has 1 amide bonds. The minimum Gasteiger partial charge on any atom is -0.497 e. The van der Waals surface area contributed by atoms with Crippen LogP contribution in [0.2, 0.25) is 0 Å². The highest BCUT2D eigenvalue weighted by Crippen LogP contribution is 2.33. The third kappa shape index (κ3) is 4.47. The predicted molar refractivity (Wildman–Crippen MR) is 133 cm³/mol. The number of anilines is 1. The number of carbonyl (C=O) groups is 1. The molecule has 5 aromatic rings. The average molecular weight is 450 g/mol. The largest absolute Gasteiger partial charge is 0.497 e. The van der Waals surface area contributed by atoms with Gasteiger partial charge in [-0.15, -0.1) is 0 Å².